The molecule has 0 aromatic rings. The number of aliphatic hydroxyl groups excluding tert-OH is 6. The van der Waals surface area contributed by atoms with Gasteiger partial charge < -0.3 is 82.9 Å². The maximum Gasteiger partial charge on any atom is 0.188 e. The number of ether oxygens (including phenoxy) is 4. The van der Waals surface area contributed by atoms with Crippen molar-refractivity contribution in [2.75, 3.05) is 13.7 Å². The number of aliphatic imine (C=N–C) groups is 2. The lowest BCUT2D eigenvalue weighted by Crippen LogP contribution is -2.66. The lowest BCUT2D eigenvalue weighted by Gasteiger charge is -2.45. The van der Waals surface area contributed by atoms with E-state index >= 15 is 0 Å². The molecule has 0 amide bonds. The molecule has 1 saturated carbocycles. The first-order valence-electron chi connectivity index (χ1n) is 12.4. The molecule has 1 aliphatic carbocycles. The first-order chi connectivity index (χ1) is 18.7. The molecule has 230 valence electrons. The van der Waals surface area contributed by atoms with Gasteiger partial charge >= 0.3 is 0 Å². The lowest BCUT2D eigenvalue weighted by atomic mass is 9.81. The molecule has 40 heavy (non-hydrogen) atoms. The molecular formula is C21H39N7O12. The van der Waals surface area contributed by atoms with Gasteiger partial charge in [0, 0.05) is 0 Å². The van der Waals surface area contributed by atoms with Crippen LogP contribution >= 0.6 is 0 Å². The predicted octanol–water partition coefficient (Wildman–Crippen LogP) is -8.16. The third-order valence-corrected chi connectivity index (χ3v) is 7.34. The monoisotopic (exact) mass is 581 g/mol. The molecule has 16 N–H and O–H groups in total. The molecule has 0 aromatic carbocycles. The second-order valence-corrected chi connectivity index (χ2v) is 9.89. The molecule has 0 bridgehead atoms. The van der Waals surface area contributed by atoms with Crippen LogP contribution in [0.4, 0.5) is 0 Å². The molecule has 2 saturated heterocycles. The number of aliphatic hydroxyl groups is 7. The van der Waals surface area contributed by atoms with Crippen molar-refractivity contribution in [1.82, 2.24) is 5.32 Å². The summed E-state index contributed by atoms with van der Waals surface area (Å²) in [5.41, 5.74) is 19.4. The molecule has 2 aliphatic heterocycles. The van der Waals surface area contributed by atoms with Crippen LogP contribution in [0.5, 0.6) is 0 Å². The third kappa shape index (κ3) is 6.00. The van der Waals surface area contributed by atoms with E-state index in [0.29, 0.717) is 0 Å². The number of nitrogens with two attached hydrogens (primary N) is 4. The molecule has 3 rings (SSSR count). The number of likely N-dealkylation sites (N-methyl/N-ethyl adjacent to an activating group) is 1. The standard InChI is InChI=1S/C21H39N7O12/c1-5-21(36,4-30)16(40-17-9(26-2)13(34)10(31)6(3-29)38-17)18(37-5)39-15-8(28-20(24)25)11(32)7(27-19(22)23)12(33)14(15)35/h4-18,26,29,31-36H,3H2,1-2H3,(H4,22,23,27)(H4,24,25,28)/t5-,6+,7+,8-,9-,10-,11-,12+,13+,14+,15-,16-,17-,18+,21+/m1/s1. The maximum absolute atomic E-state index is 12.1. The minimum atomic E-state index is -2.38. The van der Waals surface area contributed by atoms with Crippen molar-refractivity contribution in [2.24, 2.45) is 32.9 Å². The van der Waals surface area contributed by atoms with Gasteiger partial charge in [0.2, 0.25) is 0 Å². The maximum atomic E-state index is 12.1. The normalized spacial score (nSPS) is 47.4. The predicted molar refractivity (Wildman–Crippen MR) is 133 cm³/mol. The Morgan fingerprint density at radius 1 is 0.900 bits per heavy atom. The molecule has 3 fully saturated rings. The van der Waals surface area contributed by atoms with E-state index in [1.807, 2.05) is 0 Å². The van der Waals surface area contributed by atoms with E-state index in [1.165, 1.54) is 14.0 Å². The van der Waals surface area contributed by atoms with Crippen LogP contribution in [0.1, 0.15) is 6.92 Å². The van der Waals surface area contributed by atoms with Gasteiger partial charge in [0.15, 0.2) is 36.4 Å². The summed E-state index contributed by atoms with van der Waals surface area (Å²) in [5.74, 6) is -1.03. The topological polar surface area (TPSA) is 336 Å². The van der Waals surface area contributed by atoms with Crippen molar-refractivity contribution >= 4 is 18.2 Å². The highest BCUT2D eigenvalue weighted by atomic mass is 16.8. The van der Waals surface area contributed by atoms with E-state index < -0.39 is 110 Å². The summed E-state index contributed by atoms with van der Waals surface area (Å²) in [6.45, 7) is 0.620. The Balaban J connectivity index is 1.96. The highest BCUT2D eigenvalue weighted by molar-refractivity contribution is 5.76. The van der Waals surface area contributed by atoms with Crippen molar-refractivity contribution in [1.29, 1.82) is 0 Å². The fraction of sp³-hybridized carbons (Fsp3) is 0.857. The number of carbonyl (C=O) groups is 1. The summed E-state index contributed by atoms with van der Waals surface area (Å²) in [6, 6.07) is -4.08. The minimum absolute atomic E-state index is 0.140. The first-order valence-corrected chi connectivity index (χ1v) is 12.4. The van der Waals surface area contributed by atoms with Gasteiger partial charge in [-0.3, -0.25) is 4.79 Å². The zero-order chi connectivity index (χ0) is 30.1. The third-order valence-electron chi connectivity index (χ3n) is 7.34. The summed E-state index contributed by atoms with van der Waals surface area (Å²) in [4.78, 5) is 19.7. The van der Waals surface area contributed by atoms with E-state index in [9.17, 15) is 40.5 Å². The zero-order valence-corrected chi connectivity index (χ0v) is 21.7. The molecule has 3 aliphatic rings. The summed E-state index contributed by atoms with van der Waals surface area (Å²) in [5, 5.41) is 76.6. The van der Waals surface area contributed by atoms with Gasteiger partial charge in [-0.25, -0.2) is 9.98 Å². The number of rotatable bonds is 9. The Kier molecular flexibility index (Phi) is 10.2. The number of guanidine groups is 2. The summed E-state index contributed by atoms with van der Waals surface area (Å²) in [7, 11) is 1.42. The average Bonchev–Trinajstić information content (AvgIpc) is 3.13. The Morgan fingerprint density at radius 2 is 1.50 bits per heavy atom. The Hall–Kier alpha value is -2.27. The number of aldehydes is 1. The van der Waals surface area contributed by atoms with Crippen LogP contribution in [0.15, 0.2) is 9.98 Å². The molecule has 2 heterocycles. The average molecular weight is 582 g/mol. The zero-order valence-electron chi connectivity index (χ0n) is 21.7. The molecule has 0 radical (unpaired) electrons. The van der Waals surface area contributed by atoms with Crippen molar-refractivity contribution in [2.45, 2.75) is 98.2 Å². The van der Waals surface area contributed by atoms with E-state index in [1.54, 1.807) is 0 Å². The Labute approximate surface area is 228 Å². The van der Waals surface area contributed by atoms with Crippen LogP contribution in [0.3, 0.4) is 0 Å². The Morgan fingerprint density at radius 3 is 2.02 bits per heavy atom. The van der Waals surface area contributed by atoms with Crippen LogP contribution in [0, 0.1) is 0 Å². The van der Waals surface area contributed by atoms with E-state index in [2.05, 4.69) is 15.3 Å². The van der Waals surface area contributed by atoms with Crippen LogP contribution in [-0.2, 0) is 23.7 Å². The smallest absolute Gasteiger partial charge is 0.188 e. The number of carbonyl (C=O) groups excluding carboxylic acids is 1. The number of hydrogen-bond acceptors (Lipinski definition) is 15. The minimum Gasteiger partial charge on any atom is -0.394 e. The number of nitrogens with one attached hydrogen (secondary N) is 1. The van der Waals surface area contributed by atoms with Crippen LogP contribution < -0.4 is 28.3 Å². The van der Waals surface area contributed by atoms with E-state index in [-0.39, 0.29) is 6.29 Å². The molecule has 15 atom stereocenters. The molecular weight excluding hydrogens is 542 g/mol. The molecule has 0 unspecified atom stereocenters. The molecule has 19 heteroatoms. The largest absolute Gasteiger partial charge is 0.394 e. The summed E-state index contributed by atoms with van der Waals surface area (Å²) in [6.07, 6.45) is -17.3. The van der Waals surface area contributed by atoms with Gasteiger partial charge in [0.25, 0.3) is 0 Å². The van der Waals surface area contributed by atoms with Crippen molar-refractivity contribution in [3.8, 4) is 0 Å². The van der Waals surface area contributed by atoms with Crippen molar-refractivity contribution in [3.05, 3.63) is 0 Å². The second-order valence-electron chi connectivity index (χ2n) is 9.89. The fourth-order valence-corrected chi connectivity index (χ4v) is 5.08. The van der Waals surface area contributed by atoms with Crippen LogP contribution in [0.25, 0.3) is 0 Å². The quantitative estimate of drug-likeness (QED) is 0.0682. The number of hydrogen-bond donors (Lipinski definition) is 12. The summed E-state index contributed by atoms with van der Waals surface area (Å²) < 4.78 is 22.9. The highest BCUT2D eigenvalue weighted by Crippen LogP contribution is 2.38. The van der Waals surface area contributed by atoms with Gasteiger partial charge in [-0.2, -0.15) is 0 Å². The van der Waals surface area contributed by atoms with Gasteiger partial charge in [0.05, 0.1) is 18.8 Å². The van der Waals surface area contributed by atoms with Gasteiger partial charge in [0.1, 0.15) is 60.9 Å². The second kappa shape index (κ2) is 12.7. The summed E-state index contributed by atoms with van der Waals surface area (Å²) >= 11 is 0. The molecule has 0 spiro atoms. The van der Waals surface area contributed by atoms with Crippen LogP contribution in [-0.4, -0.2) is 159 Å². The number of nitrogens with zero attached hydrogens (tertiary/aromatic N) is 2. The highest BCUT2D eigenvalue weighted by Gasteiger charge is 2.60. The SMILES string of the molecule is CN[C@H]1[C@@H](O[C@@H]2[C@H](O[C@H]3[C@@H](O)[C@@H](O)[C@@H](N=C(N)N)[C@@H](O)[C@H]3N=C(N)N)O[C@H](C)[C@@]2(O)C=O)O[C@@H](CO)[C@@H](O)[C@H]1O. The van der Waals surface area contributed by atoms with Crippen LogP contribution in [0.2, 0.25) is 0 Å². The van der Waals surface area contributed by atoms with Gasteiger partial charge in [-0.15, -0.1) is 0 Å². The molecule has 0 aromatic heterocycles. The fourth-order valence-electron chi connectivity index (χ4n) is 5.08. The lowest BCUT2D eigenvalue weighted by molar-refractivity contribution is -0.314. The van der Waals surface area contributed by atoms with Gasteiger partial charge in [-0.05, 0) is 14.0 Å². The molecule has 19 nitrogen and oxygen atoms in total. The van der Waals surface area contributed by atoms with E-state index in [0.717, 1.165) is 0 Å². The van der Waals surface area contributed by atoms with Gasteiger partial charge in [-0.1, -0.05) is 0 Å². The van der Waals surface area contributed by atoms with Crippen molar-refractivity contribution < 1.29 is 59.5 Å². The first kappa shape index (κ1) is 32.2. The van der Waals surface area contributed by atoms with E-state index in [4.69, 9.17) is 41.9 Å². The van der Waals surface area contributed by atoms with Crippen molar-refractivity contribution in [3.63, 3.8) is 0 Å². The Bertz CT molecular complexity index is 940.